The van der Waals surface area contributed by atoms with Gasteiger partial charge in [-0.3, -0.25) is 4.79 Å². The summed E-state index contributed by atoms with van der Waals surface area (Å²) in [7, 11) is -2.83. The maximum Gasteiger partial charge on any atom is 0.221 e. The van der Waals surface area contributed by atoms with Crippen LogP contribution >= 0.6 is 12.6 Å². The van der Waals surface area contributed by atoms with Gasteiger partial charge in [0.25, 0.3) is 0 Å². The number of nitrogens with one attached hydrogen (secondary N) is 1. The summed E-state index contributed by atoms with van der Waals surface area (Å²) >= 11 is 3.88. The maximum absolute atomic E-state index is 10.9. The summed E-state index contributed by atoms with van der Waals surface area (Å²) in [6, 6.07) is -0.164. The molecule has 1 heterocycles. The molecular weight excluding hydrogens is 198 g/mol. The van der Waals surface area contributed by atoms with Crippen molar-refractivity contribution < 1.29 is 13.2 Å². The summed E-state index contributed by atoms with van der Waals surface area (Å²) in [5.41, 5.74) is 0. The fourth-order valence-electron chi connectivity index (χ4n) is 1.05. The SMILES string of the molecule is O=C(CCS)NC1CS(=O)(=O)C1. The van der Waals surface area contributed by atoms with Crippen LogP contribution < -0.4 is 5.32 Å². The largest absolute Gasteiger partial charge is 0.351 e. The van der Waals surface area contributed by atoms with Crippen molar-refractivity contribution in [3.63, 3.8) is 0 Å². The predicted molar refractivity (Wildman–Crippen MR) is 49.1 cm³/mol. The Kier molecular flexibility index (Phi) is 3.00. The van der Waals surface area contributed by atoms with Gasteiger partial charge in [0.15, 0.2) is 9.84 Å². The molecule has 0 aromatic heterocycles. The average Bonchev–Trinajstić information content (AvgIpc) is 1.83. The number of carbonyl (C=O) groups is 1. The van der Waals surface area contributed by atoms with Gasteiger partial charge in [0.05, 0.1) is 17.5 Å². The first kappa shape index (κ1) is 9.85. The lowest BCUT2D eigenvalue weighted by atomic mass is 10.3. The molecule has 70 valence electrons. The van der Waals surface area contributed by atoms with Gasteiger partial charge >= 0.3 is 0 Å². The van der Waals surface area contributed by atoms with Gasteiger partial charge in [-0.1, -0.05) is 0 Å². The first-order chi connectivity index (χ1) is 5.53. The van der Waals surface area contributed by atoms with E-state index in [1.165, 1.54) is 0 Å². The highest BCUT2D eigenvalue weighted by molar-refractivity contribution is 7.92. The first-order valence-electron chi connectivity index (χ1n) is 3.64. The van der Waals surface area contributed by atoms with Crippen molar-refractivity contribution in [1.82, 2.24) is 5.32 Å². The van der Waals surface area contributed by atoms with Crippen molar-refractivity contribution in [2.24, 2.45) is 0 Å². The van der Waals surface area contributed by atoms with Gasteiger partial charge in [0.2, 0.25) is 5.91 Å². The minimum atomic E-state index is -2.83. The molecule has 0 saturated carbocycles. The van der Waals surface area contributed by atoms with E-state index < -0.39 is 9.84 Å². The summed E-state index contributed by atoms with van der Waals surface area (Å²) in [4.78, 5) is 10.9. The predicted octanol–water partition coefficient (Wildman–Crippen LogP) is -0.780. The third-order valence-corrected chi connectivity index (χ3v) is 3.66. The smallest absolute Gasteiger partial charge is 0.221 e. The maximum atomic E-state index is 10.9. The van der Waals surface area contributed by atoms with Gasteiger partial charge in [0, 0.05) is 6.42 Å². The van der Waals surface area contributed by atoms with Crippen LogP contribution in [0.25, 0.3) is 0 Å². The van der Waals surface area contributed by atoms with Gasteiger partial charge in [-0.25, -0.2) is 8.42 Å². The van der Waals surface area contributed by atoms with E-state index in [0.29, 0.717) is 12.2 Å². The molecule has 0 radical (unpaired) electrons. The van der Waals surface area contributed by atoms with Crippen molar-refractivity contribution >= 4 is 28.4 Å². The molecule has 1 rings (SSSR count). The molecule has 1 N–H and O–H groups in total. The lowest BCUT2D eigenvalue weighted by Crippen LogP contribution is -2.52. The third-order valence-electron chi connectivity index (χ3n) is 1.61. The molecule has 1 fully saturated rings. The first-order valence-corrected chi connectivity index (χ1v) is 6.09. The third kappa shape index (κ3) is 2.67. The van der Waals surface area contributed by atoms with Crippen molar-refractivity contribution in [3.05, 3.63) is 0 Å². The van der Waals surface area contributed by atoms with Crippen LogP contribution in [0.15, 0.2) is 0 Å². The van der Waals surface area contributed by atoms with Crippen LogP contribution in [0.2, 0.25) is 0 Å². The van der Waals surface area contributed by atoms with Crippen LogP contribution in [0.1, 0.15) is 6.42 Å². The Labute approximate surface area is 77.0 Å². The highest BCUT2D eigenvalue weighted by atomic mass is 32.2. The zero-order chi connectivity index (χ0) is 9.19. The molecule has 6 heteroatoms. The second-order valence-corrected chi connectivity index (χ2v) is 5.42. The minimum Gasteiger partial charge on any atom is -0.351 e. The zero-order valence-corrected chi connectivity index (χ0v) is 8.20. The number of hydrogen-bond acceptors (Lipinski definition) is 4. The summed E-state index contributed by atoms with van der Waals surface area (Å²) in [5, 5.41) is 2.61. The standard InChI is InChI=1S/C6H11NO3S2/c8-6(1-2-11)7-5-3-12(9,10)4-5/h5,11H,1-4H2,(H,7,8). The molecule has 4 nitrogen and oxygen atoms in total. The molecule has 0 unspecified atom stereocenters. The molecule has 0 spiro atoms. The number of thiol groups is 1. The van der Waals surface area contributed by atoms with E-state index in [2.05, 4.69) is 17.9 Å². The van der Waals surface area contributed by atoms with Crippen LogP contribution in [0.4, 0.5) is 0 Å². The average molecular weight is 209 g/mol. The number of hydrogen-bond donors (Lipinski definition) is 2. The minimum absolute atomic E-state index is 0.0886. The van der Waals surface area contributed by atoms with Crippen molar-refractivity contribution in [3.8, 4) is 0 Å². The van der Waals surface area contributed by atoms with Gasteiger partial charge in [0.1, 0.15) is 0 Å². The molecule has 0 aromatic carbocycles. The highest BCUT2D eigenvalue weighted by Crippen LogP contribution is 2.09. The quantitative estimate of drug-likeness (QED) is 0.599. The lowest BCUT2D eigenvalue weighted by molar-refractivity contribution is -0.121. The number of amides is 1. The van der Waals surface area contributed by atoms with Crippen LogP contribution in [0.3, 0.4) is 0 Å². The molecule has 0 atom stereocenters. The van der Waals surface area contributed by atoms with Crippen LogP contribution in [0.5, 0.6) is 0 Å². The molecule has 0 aliphatic carbocycles. The Morgan fingerprint density at radius 3 is 2.50 bits per heavy atom. The number of carbonyl (C=O) groups excluding carboxylic acids is 1. The fraction of sp³-hybridized carbons (Fsp3) is 0.833. The molecule has 0 aromatic rings. The second kappa shape index (κ2) is 3.66. The van der Waals surface area contributed by atoms with Crippen LogP contribution in [0, 0.1) is 0 Å². The molecular formula is C6H11NO3S2. The van der Waals surface area contributed by atoms with E-state index in [-0.39, 0.29) is 23.5 Å². The summed E-state index contributed by atoms with van der Waals surface area (Å²) in [5.74, 6) is 0.548. The molecule has 1 saturated heterocycles. The van der Waals surface area contributed by atoms with Crippen molar-refractivity contribution in [2.45, 2.75) is 12.5 Å². The summed E-state index contributed by atoms with van der Waals surface area (Å²) in [6.07, 6.45) is 0.347. The Bertz CT molecular complexity index is 261. The van der Waals surface area contributed by atoms with Gasteiger partial charge < -0.3 is 5.32 Å². The zero-order valence-electron chi connectivity index (χ0n) is 6.49. The molecule has 1 aliphatic heterocycles. The van der Waals surface area contributed by atoms with Crippen LogP contribution in [-0.4, -0.2) is 37.6 Å². The van der Waals surface area contributed by atoms with Crippen molar-refractivity contribution in [1.29, 1.82) is 0 Å². The van der Waals surface area contributed by atoms with E-state index in [9.17, 15) is 13.2 Å². The second-order valence-electron chi connectivity index (χ2n) is 2.81. The topological polar surface area (TPSA) is 63.2 Å². The normalized spacial score (nSPS) is 21.4. The lowest BCUT2D eigenvalue weighted by Gasteiger charge is -2.26. The Hall–Kier alpha value is -0.230. The van der Waals surface area contributed by atoms with Crippen molar-refractivity contribution in [2.75, 3.05) is 17.3 Å². The van der Waals surface area contributed by atoms with Crippen LogP contribution in [-0.2, 0) is 14.6 Å². The molecule has 1 aliphatic rings. The summed E-state index contributed by atoms with van der Waals surface area (Å²) < 4.78 is 21.3. The summed E-state index contributed by atoms with van der Waals surface area (Å²) in [6.45, 7) is 0. The van der Waals surface area contributed by atoms with E-state index in [0.717, 1.165) is 0 Å². The van der Waals surface area contributed by atoms with Gasteiger partial charge in [-0.15, -0.1) is 0 Å². The fourth-order valence-corrected chi connectivity index (χ4v) is 2.55. The number of rotatable bonds is 3. The highest BCUT2D eigenvalue weighted by Gasteiger charge is 2.33. The van der Waals surface area contributed by atoms with E-state index in [1.54, 1.807) is 0 Å². The molecule has 0 bridgehead atoms. The van der Waals surface area contributed by atoms with Gasteiger partial charge in [-0.2, -0.15) is 12.6 Å². The number of sulfone groups is 1. The Balaban J connectivity index is 2.23. The molecule has 12 heavy (non-hydrogen) atoms. The van der Waals surface area contributed by atoms with Gasteiger partial charge in [-0.05, 0) is 5.75 Å². The monoisotopic (exact) mass is 209 g/mol. The Morgan fingerprint density at radius 1 is 1.50 bits per heavy atom. The van der Waals surface area contributed by atoms with E-state index >= 15 is 0 Å². The van der Waals surface area contributed by atoms with E-state index in [4.69, 9.17) is 0 Å². The van der Waals surface area contributed by atoms with E-state index in [1.807, 2.05) is 0 Å². The Morgan fingerprint density at radius 2 is 2.08 bits per heavy atom. The molecule has 1 amide bonds.